The molecule has 0 N–H and O–H groups in total. The molecule has 0 unspecified atom stereocenters. The number of amides is 4. The number of ether oxygens (including phenoxy) is 8. The Morgan fingerprint density at radius 1 is 0.459 bits per heavy atom. The van der Waals surface area contributed by atoms with E-state index in [1.54, 1.807) is 85.8 Å². The molecule has 2 aliphatic heterocycles. The minimum Gasteiger partial charge on any atom is -0.497 e. The van der Waals surface area contributed by atoms with Crippen LogP contribution < -0.4 is 33.2 Å². The highest BCUT2D eigenvalue weighted by atomic mass is 19.2. The van der Waals surface area contributed by atoms with Crippen LogP contribution in [-0.2, 0) is 43.4 Å². The van der Waals surface area contributed by atoms with Crippen molar-refractivity contribution in [3.05, 3.63) is 240 Å². The Kier molecular flexibility index (Phi) is 28.7. The monoisotopic (exact) mass is 1520 g/mol. The molecule has 578 valence electrons. The van der Waals surface area contributed by atoms with Crippen molar-refractivity contribution in [2.24, 2.45) is 0 Å². The molecule has 2 heterocycles. The van der Waals surface area contributed by atoms with E-state index in [1.165, 1.54) is 15.9 Å². The largest absolute Gasteiger partial charge is 0.497 e. The predicted molar refractivity (Wildman–Crippen MR) is 384 cm³/mol. The molecule has 0 spiro atoms. The third kappa shape index (κ3) is 23.1. The van der Waals surface area contributed by atoms with Crippen molar-refractivity contribution in [1.82, 2.24) is 19.6 Å². The lowest BCUT2D eigenvalue weighted by atomic mass is 9.91. The second-order valence-corrected chi connectivity index (χ2v) is 25.8. The first-order valence-corrected chi connectivity index (χ1v) is 35.6. The van der Waals surface area contributed by atoms with Gasteiger partial charge >= 0.3 is 12.2 Å². The number of halogens is 6. The fourth-order valence-corrected chi connectivity index (χ4v) is 12.3. The van der Waals surface area contributed by atoms with Gasteiger partial charge in [0.05, 0.1) is 66.8 Å². The first-order valence-electron chi connectivity index (χ1n) is 35.6. The zero-order chi connectivity index (χ0) is 77.3. The number of methoxy groups -OCH3 is 2. The van der Waals surface area contributed by atoms with E-state index >= 15 is 0 Å². The summed E-state index contributed by atoms with van der Waals surface area (Å²) in [6.45, 7) is 1.32. The Bertz CT molecular complexity index is 4360. The number of aryl methyl sites for hydroxylation is 2. The van der Waals surface area contributed by atoms with E-state index in [2.05, 4.69) is 9.68 Å². The third-order valence-corrected chi connectivity index (χ3v) is 18.3. The number of carbonyl (C=O) groups is 4. The van der Waals surface area contributed by atoms with Gasteiger partial charge in [-0.1, -0.05) is 60.7 Å². The molecule has 0 aromatic heterocycles. The lowest BCUT2D eigenvalue weighted by Gasteiger charge is -2.33. The quantitative estimate of drug-likeness (QED) is 0.0116. The molecule has 7 aromatic rings. The zero-order valence-electron chi connectivity index (χ0n) is 60.0. The molecule has 11 rings (SSSR count). The summed E-state index contributed by atoms with van der Waals surface area (Å²) < 4.78 is 127. The summed E-state index contributed by atoms with van der Waals surface area (Å²) in [4.78, 5) is 91.6. The summed E-state index contributed by atoms with van der Waals surface area (Å²) in [7, 11) is 3.16. The number of carbonyl (C=O) groups excluding carboxylic acids is 4. The Hall–Kier alpha value is -11.7. The Labute approximate surface area is 624 Å². The van der Waals surface area contributed by atoms with Gasteiger partial charge in [0.2, 0.25) is 11.6 Å². The highest BCUT2D eigenvalue weighted by Crippen LogP contribution is 2.37. The molecule has 2 aliphatic carbocycles. The molecular formula is C79H82F6N6O18. The van der Waals surface area contributed by atoms with E-state index in [0.29, 0.717) is 123 Å². The van der Waals surface area contributed by atoms with Crippen LogP contribution in [0.15, 0.2) is 157 Å². The van der Waals surface area contributed by atoms with Gasteiger partial charge < -0.3 is 67.2 Å². The van der Waals surface area contributed by atoms with Gasteiger partial charge in [-0.05, 0) is 201 Å². The standard InChI is InChI=1S/C41H40F3N3O9.C38H42F3N3O9/c1-52-31-13-15-32(16-14-31)53-23-21-46(30-11-12-30)40(48)35-25-45(41(49)56-33-6-2-4-28(24-33)26-55-47(50)51)20-19-34(35)29-9-7-27(8-10-29)5-3-22-54-39-37(43)18-17-36(42)38(39)44;1-49-29-12-14-30(15-13-29)50-24-20-43(28-10-11-28)37(45)32-25-42(38(46)52-21-2-3-23-53-44(47)48)19-18-31(32)27-8-6-26(7-9-27)5-4-22-51-36-34(40)17-16-33(39)35(36)41/h2,4,6-10,13-18,24,30H,3,5,11-12,19-23,25-26H2,1H3;6-9,12-17,28H,2-5,10-11,18-25H2,1H3. The Morgan fingerprint density at radius 3 is 1.33 bits per heavy atom. The number of benzene rings is 7. The fraction of sp³-hybridized carbons (Fsp3) is 0.367. The van der Waals surface area contributed by atoms with Crippen molar-refractivity contribution in [1.29, 1.82) is 0 Å². The molecule has 0 bridgehead atoms. The van der Waals surface area contributed by atoms with E-state index in [-0.39, 0.29) is 95.5 Å². The van der Waals surface area contributed by atoms with Crippen LogP contribution >= 0.6 is 0 Å². The topological polar surface area (TPSA) is 260 Å². The van der Waals surface area contributed by atoms with Gasteiger partial charge in [0.25, 0.3) is 22.0 Å². The number of hydrogen-bond acceptors (Lipinski definition) is 18. The molecule has 2 fully saturated rings. The zero-order valence-corrected chi connectivity index (χ0v) is 60.0. The molecule has 0 radical (unpaired) electrons. The maximum absolute atomic E-state index is 14.5. The normalized spacial score (nSPS) is 14.0. The Balaban J connectivity index is 0.000000233. The summed E-state index contributed by atoms with van der Waals surface area (Å²) in [6.07, 6.45) is 5.44. The maximum Gasteiger partial charge on any atom is 0.415 e. The van der Waals surface area contributed by atoms with Crippen LogP contribution in [0.25, 0.3) is 11.1 Å². The molecular weight excluding hydrogens is 1430 g/mol. The lowest BCUT2D eigenvalue weighted by molar-refractivity contribution is -0.763. The first-order chi connectivity index (χ1) is 52.7. The fourth-order valence-electron chi connectivity index (χ4n) is 12.3. The maximum atomic E-state index is 14.5. The van der Waals surface area contributed by atoms with Gasteiger partial charge in [0, 0.05) is 36.3 Å². The van der Waals surface area contributed by atoms with Gasteiger partial charge in [0.1, 0.15) is 48.6 Å². The van der Waals surface area contributed by atoms with Crippen LogP contribution in [0.3, 0.4) is 0 Å². The van der Waals surface area contributed by atoms with Crippen molar-refractivity contribution in [2.75, 3.05) is 93.1 Å². The third-order valence-electron chi connectivity index (χ3n) is 18.3. The second-order valence-electron chi connectivity index (χ2n) is 25.8. The van der Waals surface area contributed by atoms with E-state index in [1.807, 2.05) is 53.4 Å². The van der Waals surface area contributed by atoms with E-state index in [0.717, 1.165) is 71.2 Å². The average Bonchev–Trinajstić information content (AvgIpc) is 1.73. The van der Waals surface area contributed by atoms with Gasteiger partial charge in [-0.15, -0.1) is 20.2 Å². The molecule has 0 atom stereocenters. The van der Waals surface area contributed by atoms with E-state index < -0.39 is 68.8 Å². The van der Waals surface area contributed by atoms with Crippen molar-refractivity contribution in [2.45, 2.75) is 95.7 Å². The van der Waals surface area contributed by atoms with Gasteiger partial charge in [-0.25, -0.2) is 27.2 Å². The van der Waals surface area contributed by atoms with Crippen LogP contribution in [0.4, 0.5) is 35.9 Å². The van der Waals surface area contributed by atoms with Crippen molar-refractivity contribution < 1.29 is 103 Å². The van der Waals surface area contributed by atoms with Crippen LogP contribution in [0.2, 0.25) is 0 Å². The number of nitrogens with zero attached hydrogens (tertiary/aromatic N) is 6. The highest BCUT2D eigenvalue weighted by molar-refractivity contribution is 6.04. The molecule has 0 saturated heterocycles. The van der Waals surface area contributed by atoms with Crippen LogP contribution in [0, 0.1) is 55.1 Å². The minimum atomic E-state index is -1.37. The Morgan fingerprint density at radius 2 is 0.890 bits per heavy atom. The molecule has 2 saturated carbocycles. The smallest absolute Gasteiger partial charge is 0.415 e. The second kappa shape index (κ2) is 39.2. The van der Waals surface area contributed by atoms with Crippen LogP contribution in [-0.4, -0.2) is 159 Å². The van der Waals surface area contributed by atoms with Gasteiger partial charge in [-0.2, -0.15) is 8.78 Å². The van der Waals surface area contributed by atoms with Crippen LogP contribution in [0.5, 0.6) is 40.2 Å². The minimum absolute atomic E-state index is 0.0219. The van der Waals surface area contributed by atoms with Crippen molar-refractivity contribution in [3.8, 4) is 40.2 Å². The van der Waals surface area contributed by atoms with Gasteiger partial charge in [-0.3, -0.25) is 9.59 Å². The number of unbranched alkanes of at least 4 members (excludes halogenated alkanes) is 1. The van der Waals surface area contributed by atoms with E-state index in [4.69, 9.17) is 37.9 Å². The first kappa shape index (κ1) is 79.8. The molecule has 7 aromatic carbocycles. The molecule has 109 heavy (non-hydrogen) atoms. The van der Waals surface area contributed by atoms with E-state index in [9.17, 15) is 65.7 Å². The van der Waals surface area contributed by atoms with Crippen molar-refractivity contribution in [3.63, 3.8) is 0 Å². The van der Waals surface area contributed by atoms with Gasteiger partial charge in [0.15, 0.2) is 34.8 Å². The summed E-state index contributed by atoms with van der Waals surface area (Å²) >= 11 is 0. The highest BCUT2D eigenvalue weighted by Gasteiger charge is 2.39. The summed E-state index contributed by atoms with van der Waals surface area (Å²) in [6, 6.07) is 38.8. The summed E-state index contributed by atoms with van der Waals surface area (Å²) in [5.74, 6) is -6.11. The predicted octanol–water partition coefficient (Wildman–Crippen LogP) is 14.3. The van der Waals surface area contributed by atoms with Crippen LogP contribution in [0.1, 0.15) is 92.0 Å². The number of hydrogen-bond donors (Lipinski definition) is 0. The average molecular weight is 1520 g/mol. The molecule has 30 heteroatoms. The van der Waals surface area contributed by atoms with Crippen molar-refractivity contribution >= 4 is 35.1 Å². The molecule has 24 nitrogen and oxygen atoms in total. The molecule has 4 amide bonds. The summed E-state index contributed by atoms with van der Waals surface area (Å²) in [5, 5.41) is 19.2. The summed E-state index contributed by atoms with van der Waals surface area (Å²) in [5.41, 5.74) is 6.40. The SMILES string of the molecule is COc1ccc(OCCN(C(=O)C2=C(c3ccc(CCCOc4c(F)ccc(F)c4F)cc3)CCN(C(=O)OCCCCO[N+](=O)[O-])C2)C2CC2)cc1.COc1ccc(OCCN(C(=O)C2=C(c3ccc(CCCOc4c(F)ccc(F)c4F)cc3)CCN(C(=O)Oc3cccc(CO[N+](=O)[O-])c3)C2)C2CC2)cc1. The molecule has 4 aliphatic rings. The number of rotatable bonds is 36. The lowest BCUT2D eigenvalue weighted by Crippen LogP contribution is -2.45.